The third-order valence-corrected chi connectivity index (χ3v) is 9.52. The van der Waals surface area contributed by atoms with Crippen molar-refractivity contribution in [2.45, 2.75) is 24.9 Å². The molecule has 10 heteroatoms. The van der Waals surface area contributed by atoms with Gasteiger partial charge in [-0.3, -0.25) is 4.79 Å². The quantitative estimate of drug-likeness (QED) is 0.201. The maximum atomic E-state index is 16.6. The van der Waals surface area contributed by atoms with Crippen LogP contribution in [0.1, 0.15) is 18.4 Å². The van der Waals surface area contributed by atoms with Gasteiger partial charge >= 0.3 is 0 Å². The van der Waals surface area contributed by atoms with Gasteiger partial charge in [-0.1, -0.05) is 30.8 Å². The molecule has 0 N–H and O–H groups in total. The number of hydrogen-bond donors (Lipinski definition) is 0. The monoisotopic (exact) mass is 594 g/mol. The van der Waals surface area contributed by atoms with Crippen LogP contribution in [0.25, 0.3) is 37.0 Å². The molecule has 2 fully saturated rings. The molecule has 2 aromatic carbocycles. The third-order valence-electron chi connectivity index (χ3n) is 8.56. The summed E-state index contributed by atoms with van der Waals surface area (Å²) >= 11 is 1.56. The fourth-order valence-corrected chi connectivity index (χ4v) is 7.23. The Morgan fingerprint density at radius 2 is 2.12 bits per heavy atom. The number of halogens is 1. The van der Waals surface area contributed by atoms with Crippen molar-refractivity contribution in [1.29, 1.82) is 5.26 Å². The molecule has 2 aliphatic rings. The SMILES string of the molecule is [C-]#[N+]C[C@H]1CN(c2c(C#N)c(OC[C@@H]3CCCN3C)nc3c(F)c(-c4cccc5ccsc45)ccc23)CCN1C(=O)C=C. The van der Waals surface area contributed by atoms with Crippen molar-refractivity contribution in [3.05, 3.63) is 77.2 Å². The first-order chi connectivity index (χ1) is 20.9. The highest BCUT2D eigenvalue weighted by Crippen LogP contribution is 2.41. The number of likely N-dealkylation sites (N-methyl/N-ethyl adjacent to an activating group) is 1. The van der Waals surface area contributed by atoms with Gasteiger partial charge in [0.1, 0.15) is 29.8 Å². The Labute approximate surface area is 254 Å². The lowest BCUT2D eigenvalue weighted by atomic mass is 9.99. The van der Waals surface area contributed by atoms with E-state index in [0.29, 0.717) is 42.9 Å². The summed E-state index contributed by atoms with van der Waals surface area (Å²) in [4.78, 5) is 26.6. The Hall–Kier alpha value is -4.51. The fraction of sp³-hybridized carbons (Fsp3) is 0.333. The molecule has 4 heterocycles. The molecule has 43 heavy (non-hydrogen) atoms. The van der Waals surface area contributed by atoms with Gasteiger partial charge in [-0.25, -0.2) is 15.9 Å². The average molecular weight is 595 g/mol. The Morgan fingerprint density at radius 3 is 2.86 bits per heavy atom. The molecule has 0 aliphatic carbocycles. The van der Waals surface area contributed by atoms with Crippen molar-refractivity contribution in [1.82, 2.24) is 14.8 Å². The zero-order valence-electron chi connectivity index (χ0n) is 23.9. The highest BCUT2D eigenvalue weighted by Gasteiger charge is 2.35. The van der Waals surface area contributed by atoms with E-state index >= 15 is 4.39 Å². The summed E-state index contributed by atoms with van der Waals surface area (Å²) in [6.45, 7) is 13.5. The molecule has 6 rings (SSSR count). The molecular weight excluding hydrogens is 563 g/mol. The van der Waals surface area contributed by atoms with Crippen molar-refractivity contribution in [2.24, 2.45) is 0 Å². The van der Waals surface area contributed by atoms with Crippen molar-refractivity contribution in [3.63, 3.8) is 0 Å². The number of ether oxygens (including phenoxy) is 1. The van der Waals surface area contributed by atoms with Gasteiger partial charge in [-0.05, 0) is 55.4 Å². The predicted molar refractivity (Wildman–Crippen MR) is 168 cm³/mol. The molecule has 0 bridgehead atoms. The van der Waals surface area contributed by atoms with E-state index in [-0.39, 0.29) is 35.5 Å². The minimum Gasteiger partial charge on any atom is -0.475 e. The minimum absolute atomic E-state index is 0.0989. The van der Waals surface area contributed by atoms with Crippen molar-refractivity contribution < 1.29 is 13.9 Å². The first-order valence-corrected chi connectivity index (χ1v) is 15.2. The van der Waals surface area contributed by atoms with Crippen LogP contribution in [0, 0.1) is 23.7 Å². The molecule has 2 aliphatic heterocycles. The van der Waals surface area contributed by atoms with Gasteiger partial charge in [0.2, 0.25) is 18.3 Å². The maximum Gasteiger partial charge on any atom is 0.246 e. The Kier molecular flexibility index (Phi) is 7.98. The number of amides is 1. The zero-order chi connectivity index (χ0) is 30.1. The molecule has 0 radical (unpaired) electrons. The molecule has 218 valence electrons. The van der Waals surface area contributed by atoms with Crippen LogP contribution in [0.15, 0.2) is 54.4 Å². The zero-order valence-corrected chi connectivity index (χ0v) is 24.7. The molecule has 4 aromatic rings. The van der Waals surface area contributed by atoms with E-state index in [0.717, 1.165) is 35.0 Å². The second-order valence-corrected chi connectivity index (χ2v) is 11.9. The van der Waals surface area contributed by atoms with Gasteiger partial charge in [0.25, 0.3) is 0 Å². The van der Waals surface area contributed by atoms with Crippen LogP contribution in [0.5, 0.6) is 5.88 Å². The number of carbonyl (C=O) groups is 1. The van der Waals surface area contributed by atoms with Crippen LogP contribution in [0.4, 0.5) is 10.1 Å². The molecule has 2 saturated heterocycles. The first kappa shape index (κ1) is 28.6. The lowest BCUT2D eigenvalue weighted by Gasteiger charge is -2.40. The largest absolute Gasteiger partial charge is 0.475 e. The predicted octanol–water partition coefficient (Wildman–Crippen LogP) is 5.72. The second kappa shape index (κ2) is 12.0. The van der Waals surface area contributed by atoms with Crippen LogP contribution in [-0.4, -0.2) is 79.2 Å². The van der Waals surface area contributed by atoms with Crippen LogP contribution in [0.2, 0.25) is 0 Å². The molecule has 2 aromatic heterocycles. The standard InChI is InChI=1S/C33H31FN6O2S/c1-4-28(41)40-15-14-39(19-23(40)18-36-2)31-26-11-10-24(25-9-5-7-21-12-16-43-32(21)25)29(34)30(26)37-33(27(31)17-35)42-20-22-8-6-13-38(22)3/h4-5,7,9-12,16,22-23H,1,6,8,13-15,18-20H2,3H3/t22-,23-/m0/s1. The number of anilines is 1. The van der Waals surface area contributed by atoms with E-state index in [1.807, 2.05) is 47.7 Å². The van der Waals surface area contributed by atoms with Gasteiger partial charge in [-0.15, -0.1) is 11.3 Å². The van der Waals surface area contributed by atoms with Crippen LogP contribution in [-0.2, 0) is 4.79 Å². The Bertz CT molecular complexity index is 1810. The van der Waals surface area contributed by atoms with Crippen LogP contribution < -0.4 is 9.64 Å². The summed E-state index contributed by atoms with van der Waals surface area (Å²) in [5.74, 6) is -0.622. The molecule has 1 amide bonds. The first-order valence-electron chi connectivity index (χ1n) is 14.3. The number of piperazine rings is 1. The molecule has 0 spiro atoms. The molecule has 2 atom stereocenters. The lowest BCUT2D eigenvalue weighted by molar-refractivity contribution is -0.128. The van der Waals surface area contributed by atoms with Crippen LogP contribution >= 0.6 is 11.3 Å². The van der Waals surface area contributed by atoms with E-state index in [1.165, 1.54) is 6.08 Å². The number of pyridine rings is 1. The summed E-state index contributed by atoms with van der Waals surface area (Å²) in [5, 5.41) is 14.0. The number of nitrogens with zero attached hydrogens (tertiary/aromatic N) is 6. The number of benzene rings is 2. The second-order valence-electron chi connectivity index (χ2n) is 11.0. The fourth-order valence-electron chi connectivity index (χ4n) is 6.30. The number of likely N-dealkylation sites (tertiary alicyclic amines) is 1. The molecule has 0 unspecified atom stereocenters. The number of rotatable bonds is 7. The molecular formula is C33H31FN6O2S. The number of nitriles is 1. The van der Waals surface area contributed by atoms with Crippen molar-refractivity contribution in [3.8, 4) is 23.1 Å². The number of fused-ring (bicyclic) bond motifs is 2. The third kappa shape index (κ3) is 5.18. The van der Waals surface area contributed by atoms with E-state index in [2.05, 4.69) is 27.4 Å². The van der Waals surface area contributed by atoms with E-state index in [1.54, 1.807) is 22.3 Å². The topological polar surface area (TPSA) is 77.1 Å². The normalized spacial score (nSPS) is 19.0. The summed E-state index contributed by atoms with van der Waals surface area (Å²) in [7, 11) is 2.05. The lowest BCUT2D eigenvalue weighted by Crippen LogP contribution is -2.56. The maximum absolute atomic E-state index is 16.6. The van der Waals surface area contributed by atoms with Gasteiger partial charge in [0.05, 0.1) is 5.69 Å². The molecule has 8 nitrogen and oxygen atoms in total. The van der Waals surface area contributed by atoms with Gasteiger partial charge in [0, 0.05) is 46.9 Å². The number of carbonyl (C=O) groups excluding carboxylic acids is 1. The highest BCUT2D eigenvalue weighted by atomic mass is 32.1. The number of thiophene rings is 1. The average Bonchev–Trinajstić information content (AvgIpc) is 3.68. The molecule has 0 saturated carbocycles. The van der Waals surface area contributed by atoms with Crippen molar-refractivity contribution in [2.75, 3.05) is 51.3 Å². The summed E-state index contributed by atoms with van der Waals surface area (Å²) in [6, 6.07) is 13.5. The number of hydrogen-bond acceptors (Lipinski definition) is 7. The van der Waals surface area contributed by atoms with Gasteiger partial charge in [-0.2, -0.15) is 5.26 Å². The summed E-state index contributed by atoms with van der Waals surface area (Å²) in [5.41, 5.74) is 2.08. The Balaban J connectivity index is 1.50. The highest BCUT2D eigenvalue weighted by molar-refractivity contribution is 7.17. The minimum atomic E-state index is -0.481. The van der Waals surface area contributed by atoms with E-state index in [9.17, 15) is 10.1 Å². The van der Waals surface area contributed by atoms with Gasteiger partial charge in [0.15, 0.2) is 5.82 Å². The van der Waals surface area contributed by atoms with Crippen LogP contribution in [0.3, 0.4) is 0 Å². The summed E-state index contributed by atoms with van der Waals surface area (Å²) < 4.78 is 23.9. The smallest absolute Gasteiger partial charge is 0.246 e. The van der Waals surface area contributed by atoms with E-state index in [4.69, 9.17) is 11.3 Å². The Morgan fingerprint density at radius 1 is 1.26 bits per heavy atom. The summed E-state index contributed by atoms with van der Waals surface area (Å²) in [6.07, 6.45) is 3.29. The van der Waals surface area contributed by atoms with Crippen molar-refractivity contribution >= 4 is 43.9 Å². The van der Waals surface area contributed by atoms with Gasteiger partial charge < -0.3 is 24.3 Å². The van der Waals surface area contributed by atoms with E-state index < -0.39 is 11.9 Å². The number of aromatic nitrogens is 1.